The number of rotatable bonds is 3. The highest BCUT2D eigenvalue weighted by Gasteiger charge is 2.47. The second kappa shape index (κ2) is 7.20. The van der Waals surface area contributed by atoms with Gasteiger partial charge in [-0.05, 0) is 51.6 Å². The van der Waals surface area contributed by atoms with Crippen LogP contribution in [0.15, 0.2) is 0 Å². The zero-order chi connectivity index (χ0) is 16.3. The smallest absolute Gasteiger partial charge is 0.306 e. The van der Waals surface area contributed by atoms with E-state index in [2.05, 4.69) is 4.90 Å². The maximum atomic E-state index is 13.4. The van der Waals surface area contributed by atoms with Gasteiger partial charge in [0, 0.05) is 13.1 Å². The molecule has 0 atom stereocenters. The molecule has 0 aromatic carbocycles. The molecule has 1 amide bonds. The lowest BCUT2D eigenvalue weighted by Crippen LogP contribution is -2.62. The maximum absolute atomic E-state index is 13.4. The molecule has 1 N–H and O–H groups in total. The monoisotopic (exact) mass is 322 g/mol. The molecule has 2 heterocycles. The van der Waals surface area contributed by atoms with Gasteiger partial charge in [0.15, 0.2) is 0 Å². The largest absolute Gasteiger partial charge is 0.481 e. The number of hydrogen-bond donors (Lipinski definition) is 1. The molecule has 2 aliphatic heterocycles. The van der Waals surface area contributed by atoms with E-state index >= 15 is 0 Å². The predicted molar refractivity (Wildman–Crippen MR) is 88.2 cm³/mol. The lowest BCUT2D eigenvalue weighted by molar-refractivity contribution is -0.153. The summed E-state index contributed by atoms with van der Waals surface area (Å²) >= 11 is 0. The Kier molecular flexibility index (Phi) is 5.24. The van der Waals surface area contributed by atoms with Crippen LogP contribution in [0.2, 0.25) is 0 Å². The van der Waals surface area contributed by atoms with Crippen molar-refractivity contribution in [2.24, 2.45) is 5.92 Å². The lowest BCUT2D eigenvalue weighted by atomic mass is 9.77. The molecule has 0 bridgehead atoms. The Morgan fingerprint density at radius 2 is 1.39 bits per heavy atom. The molecule has 5 nitrogen and oxygen atoms in total. The number of carbonyl (C=O) groups is 2. The van der Waals surface area contributed by atoms with E-state index in [-0.39, 0.29) is 11.5 Å². The highest BCUT2D eigenvalue weighted by molar-refractivity contribution is 5.87. The number of hydrogen-bond acceptors (Lipinski definition) is 3. The number of aliphatic carboxylic acids is 1. The molecular weight excluding hydrogens is 292 g/mol. The van der Waals surface area contributed by atoms with Crippen molar-refractivity contribution in [2.75, 3.05) is 26.2 Å². The fourth-order valence-electron chi connectivity index (χ4n) is 4.75. The van der Waals surface area contributed by atoms with Gasteiger partial charge in [0.05, 0.1) is 5.92 Å². The average molecular weight is 322 g/mol. The van der Waals surface area contributed by atoms with Gasteiger partial charge in [-0.25, -0.2) is 0 Å². The highest BCUT2D eigenvalue weighted by atomic mass is 16.4. The van der Waals surface area contributed by atoms with Crippen molar-refractivity contribution in [1.29, 1.82) is 0 Å². The molecule has 5 heteroatoms. The van der Waals surface area contributed by atoms with Crippen LogP contribution in [0.5, 0.6) is 0 Å². The Bertz CT molecular complexity index is 432. The van der Waals surface area contributed by atoms with Crippen LogP contribution in [-0.4, -0.2) is 58.5 Å². The Labute approximate surface area is 139 Å². The Morgan fingerprint density at radius 1 is 0.826 bits per heavy atom. The van der Waals surface area contributed by atoms with Gasteiger partial charge in [-0.2, -0.15) is 0 Å². The highest BCUT2D eigenvalue weighted by Crippen LogP contribution is 2.38. The third-order valence-corrected chi connectivity index (χ3v) is 6.17. The van der Waals surface area contributed by atoms with E-state index in [1.54, 1.807) is 0 Å². The van der Waals surface area contributed by atoms with E-state index in [4.69, 9.17) is 5.11 Å². The minimum Gasteiger partial charge on any atom is -0.481 e. The van der Waals surface area contributed by atoms with Crippen LogP contribution in [0.25, 0.3) is 0 Å². The van der Waals surface area contributed by atoms with Crippen LogP contribution in [0.4, 0.5) is 0 Å². The summed E-state index contributed by atoms with van der Waals surface area (Å²) in [6.45, 7) is 3.34. The van der Waals surface area contributed by atoms with E-state index in [9.17, 15) is 9.59 Å². The van der Waals surface area contributed by atoms with E-state index in [0.717, 1.165) is 38.8 Å². The van der Waals surface area contributed by atoms with E-state index in [1.165, 1.54) is 25.7 Å². The van der Waals surface area contributed by atoms with E-state index in [1.807, 2.05) is 4.90 Å². The van der Waals surface area contributed by atoms with Crippen LogP contribution in [-0.2, 0) is 9.59 Å². The zero-order valence-electron chi connectivity index (χ0n) is 14.1. The second-order valence-corrected chi connectivity index (χ2v) is 7.54. The predicted octanol–water partition coefficient (Wildman–Crippen LogP) is 2.50. The quantitative estimate of drug-likeness (QED) is 0.867. The SMILES string of the molecule is O=C(O)C1CCN(C(=O)C2(N3CCCCC3)CCCCC2)CC1. The average Bonchev–Trinajstić information content (AvgIpc) is 2.62. The number of amides is 1. The molecule has 130 valence electrons. The molecule has 0 radical (unpaired) electrons. The number of carboxylic acid groups (broad SMARTS) is 1. The van der Waals surface area contributed by atoms with Gasteiger partial charge in [-0.1, -0.05) is 25.7 Å². The summed E-state index contributed by atoms with van der Waals surface area (Å²) < 4.78 is 0. The molecule has 3 aliphatic rings. The number of nitrogens with zero attached hydrogens (tertiary/aromatic N) is 2. The molecule has 0 aromatic heterocycles. The fourth-order valence-corrected chi connectivity index (χ4v) is 4.75. The van der Waals surface area contributed by atoms with Gasteiger partial charge < -0.3 is 10.0 Å². The topological polar surface area (TPSA) is 60.9 Å². The van der Waals surface area contributed by atoms with Crippen LogP contribution in [0, 0.1) is 5.92 Å². The summed E-state index contributed by atoms with van der Waals surface area (Å²) in [5, 5.41) is 9.15. The summed E-state index contributed by atoms with van der Waals surface area (Å²) in [4.78, 5) is 29.0. The van der Waals surface area contributed by atoms with Crippen molar-refractivity contribution in [3.63, 3.8) is 0 Å². The number of carbonyl (C=O) groups excluding carboxylic acids is 1. The third kappa shape index (κ3) is 3.39. The number of piperidine rings is 2. The summed E-state index contributed by atoms with van der Waals surface area (Å²) in [6, 6.07) is 0. The molecule has 1 aliphatic carbocycles. The van der Waals surface area contributed by atoms with Gasteiger partial charge in [0.1, 0.15) is 5.54 Å². The molecule has 0 aromatic rings. The van der Waals surface area contributed by atoms with Crippen molar-refractivity contribution in [3.8, 4) is 0 Å². The minimum atomic E-state index is -0.708. The van der Waals surface area contributed by atoms with Crippen LogP contribution >= 0.6 is 0 Å². The summed E-state index contributed by atoms with van der Waals surface area (Å²) in [6.07, 6.45) is 10.4. The Balaban J connectivity index is 1.72. The minimum absolute atomic E-state index is 0.267. The van der Waals surface area contributed by atoms with Gasteiger partial charge in [-0.15, -0.1) is 0 Å². The van der Waals surface area contributed by atoms with Crippen LogP contribution in [0.1, 0.15) is 64.2 Å². The normalized spacial score (nSPS) is 26.9. The molecule has 3 rings (SSSR count). The van der Waals surface area contributed by atoms with Crippen molar-refractivity contribution >= 4 is 11.9 Å². The summed E-state index contributed by atoms with van der Waals surface area (Å²) in [5.41, 5.74) is -0.283. The Hall–Kier alpha value is -1.10. The van der Waals surface area contributed by atoms with Crippen molar-refractivity contribution in [1.82, 2.24) is 9.80 Å². The summed E-state index contributed by atoms with van der Waals surface area (Å²) in [7, 11) is 0. The van der Waals surface area contributed by atoms with Gasteiger partial charge in [0.25, 0.3) is 0 Å². The van der Waals surface area contributed by atoms with Gasteiger partial charge >= 0.3 is 5.97 Å². The van der Waals surface area contributed by atoms with E-state index in [0.29, 0.717) is 31.8 Å². The van der Waals surface area contributed by atoms with Crippen LogP contribution in [0.3, 0.4) is 0 Å². The van der Waals surface area contributed by atoms with Crippen molar-refractivity contribution in [3.05, 3.63) is 0 Å². The standard InChI is InChI=1S/C18H30N2O3/c21-16(22)15-7-13-19(14-8-15)17(23)18(9-3-1-4-10-18)20-11-5-2-6-12-20/h15H,1-14H2,(H,21,22). The first-order valence-corrected chi connectivity index (χ1v) is 9.41. The van der Waals surface area contributed by atoms with Crippen LogP contribution < -0.4 is 0 Å². The molecule has 2 saturated heterocycles. The van der Waals surface area contributed by atoms with E-state index < -0.39 is 5.97 Å². The number of likely N-dealkylation sites (tertiary alicyclic amines) is 2. The zero-order valence-corrected chi connectivity index (χ0v) is 14.1. The Morgan fingerprint density at radius 3 is 1.96 bits per heavy atom. The first kappa shape index (κ1) is 16.7. The fraction of sp³-hybridized carbons (Fsp3) is 0.889. The number of carboxylic acids is 1. The van der Waals surface area contributed by atoms with Crippen molar-refractivity contribution < 1.29 is 14.7 Å². The molecule has 0 spiro atoms. The molecule has 23 heavy (non-hydrogen) atoms. The molecule has 1 saturated carbocycles. The first-order chi connectivity index (χ1) is 11.1. The van der Waals surface area contributed by atoms with Crippen molar-refractivity contribution in [2.45, 2.75) is 69.7 Å². The maximum Gasteiger partial charge on any atom is 0.306 e. The molecule has 3 fully saturated rings. The van der Waals surface area contributed by atoms with Gasteiger partial charge in [-0.3, -0.25) is 14.5 Å². The molecule has 0 unspecified atom stereocenters. The first-order valence-electron chi connectivity index (χ1n) is 9.41. The molecular formula is C18H30N2O3. The van der Waals surface area contributed by atoms with Gasteiger partial charge in [0.2, 0.25) is 5.91 Å². The second-order valence-electron chi connectivity index (χ2n) is 7.54. The lowest BCUT2D eigenvalue weighted by Gasteiger charge is -2.49. The third-order valence-electron chi connectivity index (χ3n) is 6.17. The summed E-state index contributed by atoms with van der Waals surface area (Å²) in [5.74, 6) is -0.681.